The summed E-state index contributed by atoms with van der Waals surface area (Å²) < 4.78 is 22.7. The van der Waals surface area contributed by atoms with Gasteiger partial charge in [0.1, 0.15) is 0 Å². The van der Waals surface area contributed by atoms with Gasteiger partial charge in [-0.3, -0.25) is 9.59 Å². The van der Waals surface area contributed by atoms with Gasteiger partial charge in [-0.25, -0.2) is 13.6 Å². The summed E-state index contributed by atoms with van der Waals surface area (Å²) in [5.74, 6) is -0.482. The predicted molar refractivity (Wildman–Crippen MR) is 117 cm³/mol. The first kappa shape index (κ1) is 19.9. The van der Waals surface area contributed by atoms with Crippen molar-refractivity contribution in [2.45, 2.75) is 4.90 Å². The monoisotopic (exact) mass is 437 g/mol. The van der Waals surface area contributed by atoms with Crippen LogP contribution in [-0.2, 0) is 10.0 Å². The van der Waals surface area contributed by atoms with E-state index in [9.17, 15) is 18.0 Å². The molecule has 1 aliphatic carbocycles. The summed E-state index contributed by atoms with van der Waals surface area (Å²) >= 11 is 5.31. The molecule has 0 bridgehead atoms. The highest BCUT2D eigenvalue weighted by Crippen LogP contribution is 2.32. The Morgan fingerprint density at radius 1 is 0.767 bits per heavy atom. The van der Waals surface area contributed by atoms with Crippen molar-refractivity contribution in [3.63, 3.8) is 0 Å². The summed E-state index contributed by atoms with van der Waals surface area (Å²) in [6.07, 6.45) is 0. The molecule has 4 rings (SSSR count). The minimum Gasteiger partial charge on any atom is -0.332 e. The Morgan fingerprint density at radius 3 is 2.00 bits per heavy atom. The van der Waals surface area contributed by atoms with Crippen molar-refractivity contribution in [1.82, 2.24) is 0 Å². The van der Waals surface area contributed by atoms with E-state index in [1.807, 2.05) is 0 Å². The van der Waals surface area contributed by atoms with Crippen LogP contribution < -0.4 is 15.8 Å². The summed E-state index contributed by atoms with van der Waals surface area (Å²) in [7, 11) is -3.79. The van der Waals surface area contributed by atoms with Crippen LogP contribution >= 0.6 is 12.2 Å². The number of primary sulfonamides is 1. The number of carbonyl (C=O) groups is 2. The third-order valence-electron chi connectivity index (χ3n) is 4.64. The Balaban J connectivity index is 1.60. The molecule has 9 heteroatoms. The fourth-order valence-corrected chi connectivity index (χ4v) is 4.01. The lowest BCUT2D eigenvalue weighted by Gasteiger charge is -2.21. The Kier molecular flexibility index (Phi) is 4.94. The summed E-state index contributed by atoms with van der Waals surface area (Å²) in [5, 5.41) is 11.1. The zero-order chi connectivity index (χ0) is 21.5. The van der Waals surface area contributed by atoms with Crippen LogP contribution in [0.3, 0.4) is 0 Å². The van der Waals surface area contributed by atoms with E-state index in [0.29, 0.717) is 28.1 Å². The fraction of sp³-hybridized carbons (Fsp3) is 0. The highest BCUT2D eigenvalue weighted by atomic mass is 32.2. The maximum Gasteiger partial charge on any atom is 0.238 e. The SMILES string of the molecule is NS(=O)(=O)c1ccc(NC(=S)Nc2cccc3c2C(=O)c2ccccc2C3=O)cc1. The van der Waals surface area contributed by atoms with Crippen LogP contribution in [0.15, 0.2) is 71.6 Å². The number of rotatable bonds is 3. The lowest BCUT2D eigenvalue weighted by molar-refractivity contribution is 0.0979. The lowest BCUT2D eigenvalue weighted by Crippen LogP contribution is -2.25. The summed E-state index contributed by atoms with van der Waals surface area (Å²) in [6.45, 7) is 0. The summed E-state index contributed by atoms with van der Waals surface area (Å²) in [5.41, 5.74) is 2.22. The molecule has 0 radical (unpaired) electrons. The van der Waals surface area contributed by atoms with Gasteiger partial charge in [0, 0.05) is 22.4 Å². The van der Waals surface area contributed by atoms with E-state index in [2.05, 4.69) is 10.6 Å². The zero-order valence-electron chi connectivity index (χ0n) is 15.4. The van der Waals surface area contributed by atoms with E-state index in [1.165, 1.54) is 24.3 Å². The summed E-state index contributed by atoms with van der Waals surface area (Å²) in [6, 6.07) is 17.4. The van der Waals surface area contributed by atoms with Gasteiger partial charge in [0.15, 0.2) is 16.7 Å². The largest absolute Gasteiger partial charge is 0.332 e. The number of hydrogen-bond acceptors (Lipinski definition) is 5. The molecule has 1 aliphatic rings. The van der Waals surface area contributed by atoms with Crippen LogP contribution in [-0.4, -0.2) is 25.1 Å². The van der Waals surface area contributed by atoms with Crippen LogP contribution in [0.4, 0.5) is 11.4 Å². The maximum atomic E-state index is 13.0. The van der Waals surface area contributed by atoms with E-state index in [-0.39, 0.29) is 27.1 Å². The third-order valence-corrected chi connectivity index (χ3v) is 5.77. The molecule has 0 aliphatic heterocycles. The first-order valence-corrected chi connectivity index (χ1v) is 10.7. The molecule has 0 fully saturated rings. The topological polar surface area (TPSA) is 118 Å². The van der Waals surface area contributed by atoms with Gasteiger partial charge in [0.25, 0.3) is 0 Å². The Labute approximate surface area is 178 Å². The maximum absolute atomic E-state index is 13.0. The Bertz CT molecular complexity index is 1320. The average molecular weight is 438 g/mol. The van der Waals surface area contributed by atoms with Crippen molar-refractivity contribution in [1.29, 1.82) is 0 Å². The minimum absolute atomic E-state index is 0.0215. The van der Waals surface area contributed by atoms with Crippen molar-refractivity contribution < 1.29 is 18.0 Å². The summed E-state index contributed by atoms with van der Waals surface area (Å²) in [4.78, 5) is 25.8. The van der Waals surface area contributed by atoms with Crippen LogP contribution in [0.1, 0.15) is 31.8 Å². The second-order valence-corrected chi connectivity index (χ2v) is 8.55. The van der Waals surface area contributed by atoms with Gasteiger partial charge in [0.2, 0.25) is 10.0 Å². The molecule has 0 spiro atoms. The standard InChI is InChI=1S/C21H15N3O4S2/c22-30(27,28)13-10-8-12(9-11-13)23-21(29)24-17-7-3-6-16-18(17)20(26)15-5-2-1-4-14(15)19(16)25/h1-11H,(H2,22,27,28)(H2,23,24,29). The van der Waals surface area contributed by atoms with Crippen LogP contribution in [0, 0.1) is 0 Å². The molecule has 150 valence electrons. The second-order valence-electron chi connectivity index (χ2n) is 6.58. The van der Waals surface area contributed by atoms with E-state index in [4.69, 9.17) is 17.4 Å². The van der Waals surface area contributed by atoms with Gasteiger partial charge in [-0.1, -0.05) is 36.4 Å². The number of sulfonamides is 1. The van der Waals surface area contributed by atoms with Crippen LogP contribution in [0.25, 0.3) is 0 Å². The lowest BCUT2D eigenvalue weighted by atomic mass is 9.83. The molecular formula is C21H15N3O4S2. The number of fused-ring (bicyclic) bond motifs is 2. The molecule has 30 heavy (non-hydrogen) atoms. The molecule has 0 unspecified atom stereocenters. The van der Waals surface area contributed by atoms with E-state index < -0.39 is 10.0 Å². The average Bonchev–Trinajstić information content (AvgIpc) is 2.71. The number of hydrogen-bond donors (Lipinski definition) is 3. The number of ketones is 2. The quantitative estimate of drug-likeness (QED) is 0.422. The molecule has 3 aromatic carbocycles. The minimum atomic E-state index is -3.79. The van der Waals surface area contributed by atoms with Gasteiger partial charge < -0.3 is 10.6 Å². The molecule has 0 atom stereocenters. The predicted octanol–water partition coefficient (Wildman–Crippen LogP) is 2.92. The first-order valence-electron chi connectivity index (χ1n) is 8.78. The molecule has 4 N–H and O–H groups in total. The first-order chi connectivity index (χ1) is 14.3. The Hall–Kier alpha value is -3.40. The van der Waals surface area contributed by atoms with Crippen LogP contribution in [0.5, 0.6) is 0 Å². The third kappa shape index (κ3) is 3.61. The number of thiocarbonyl (C=S) groups is 1. The number of anilines is 2. The number of nitrogens with two attached hydrogens (primary N) is 1. The van der Waals surface area contributed by atoms with Crippen LogP contribution in [0.2, 0.25) is 0 Å². The number of nitrogens with one attached hydrogen (secondary N) is 2. The van der Waals surface area contributed by atoms with E-state index in [1.54, 1.807) is 42.5 Å². The molecular weight excluding hydrogens is 422 g/mol. The normalized spacial score (nSPS) is 12.7. The van der Waals surface area contributed by atoms with E-state index in [0.717, 1.165) is 0 Å². The molecule has 0 aromatic heterocycles. The molecule has 0 saturated heterocycles. The van der Waals surface area contributed by atoms with Crippen molar-refractivity contribution in [3.8, 4) is 0 Å². The highest BCUT2D eigenvalue weighted by Gasteiger charge is 2.31. The second kappa shape index (κ2) is 7.45. The van der Waals surface area contributed by atoms with Crippen molar-refractivity contribution >= 4 is 50.3 Å². The molecule has 0 saturated carbocycles. The molecule has 3 aromatic rings. The molecule has 0 amide bonds. The number of carbonyl (C=O) groups excluding carboxylic acids is 2. The van der Waals surface area contributed by atoms with Crippen molar-refractivity contribution in [3.05, 3.63) is 89.0 Å². The smallest absolute Gasteiger partial charge is 0.238 e. The highest BCUT2D eigenvalue weighted by molar-refractivity contribution is 7.89. The number of benzene rings is 3. The molecule has 7 nitrogen and oxygen atoms in total. The van der Waals surface area contributed by atoms with Crippen molar-refractivity contribution in [2.75, 3.05) is 10.6 Å². The Morgan fingerprint density at radius 2 is 1.37 bits per heavy atom. The van der Waals surface area contributed by atoms with Crippen molar-refractivity contribution in [2.24, 2.45) is 5.14 Å². The van der Waals surface area contributed by atoms with Gasteiger partial charge >= 0.3 is 0 Å². The van der Waals surface area contributed by atoms with Gasteiger partial charge in [-0.2, -0.15) is 0 Å². The van der Waals surface area contributed by atoms with Gasteiger partial charge in [-0.05, 0) is 42.5 Å². The fourth-order valence-electron chi connectivity index (χ4n) is 3.26. The van der Waals surface area contributed by atoms with E-state index >= 15 is 0 Å². The zero-order valence-corrected chi connectivity index (χ0v) is 17.0. The van der Waals surface area contributed by atoms with Gasteiger partial charge in [-0.15, -0.1) is 0 Å². The van der Waals surface area contributed by atoms with Gasteiger partial charge in [0.05, 0.1) is 16.1 Å². The molecule has 0 heterocycles.